The number of carbonyl (C=O) groups excluding carboxylic acids is 3. The molecule has 2 aromatic rings. The van der Waals surface area contributed by atoms with Crippen LogP contribution >= 0.6 is 0 Å². The molecule has 1 fully saturated rings. The molecule has 1 saturated heterocycles. The van der Waals surface area contributed by atoms with Crippen LogP contribution in [-0.2, 0) is 16.1 Å². The van der Waals surface area contributed by atoms with Gasteiger partial charge >= 0.3 is 6.03 Å². The highest BCUT2D eigenvalue weighted by molar-refractivity contribution is 6.28. The molecule has 6 nitrogen and oxygen atoms in total. The highest BCUT2D eigenvalue weighted by Gasteiger charge is 2.43. The lowest BCUT2D eigenvalue weighted by molar-refractivity contribution is -0.132. The Bertz CT molecular complexity index is 928. The van der Waals surface area contributed by atoms with E-state index >= 15 is 0 Å². The number of hydrogen-bond acceptors (Lipinski definition) is 4. The zero-order valence-corrected chi connectivity index (χ0v) is 14.0. The summed E-state index contributed by atoms with van der Waals surface area (Å²) in [5.41, 5.74) is 0.475. The van der Waals surface area contributed by atoms with Gasteiger partial charge in [-0.05, 0) is 29.8 Å². The molecule has 1 aliphatic rings. The van der Waals surface area contributed by atoms with Gasteiger partial charge in [-0.1, -0.05) is 30.8 Å². The lowest BCUT2D eigenvalue weighted by Crippen LogP contribution is -2.59. The lowest BCUT2D eigenvalue weighted by atomic mass is 10.0. The summed E-state index contributed by atoms with van der Waals surface area (Å²) in [6.45, 7) is 3.87. The molecule has 2 N–H and O–H groups in total. The van der Waals surface area contributed by atoms with Gasteiger partial charge < -0.3 is 5.32 Å². The van der Waals surface area contributed by atoms with Gasteiger partial charge in [0.15, 0.2) is 5.92 Å². The van der Waals surface area contributed by atoms with E-state index in [-0.39, 0.29) is 17.9 Å². The predicted octanol–water partition coefficient (Wildman–Crippen LogP) is 2.47. The Morgan fingerprint density at radius 3 is 2.41 bits per heavy atom. The fourth-order valence-electron chi connectivity index (χ4n) is 2.66. The van der Waals surface area contributed by atoms with E-state index in [0.29, 0.717) is 10.5 Å². The first kappa shape index (κ1) is 18.2. The summed E-state index contributed by atoms with van der Waals surface area (Å²) in [7, 11) is 0. The number of rotatable bonds is 5. The quantitative estimate of drug-likeness (QED) is 0.792. The summed E-state index contributed by atoms with van der Waals surface area (Å²) in [6, 6.07) is 9.83. The summed E-state index contributed by atoms with van der Waals surface area (Å²) in [6.07, 6.45) is 0. The van der Waals surface area contributed by atoms with Crippen molar-refractivity contribution in [3.8, 4) is 0 Å². The van der Waals surface area contributed by atoms with E-state index < -0.39 is 35.4 Å². The maximum atomic E-state index is 14.0. The van der Waals surface area contributed by atoms with Gasteiger partial charge in [-0.15, -0.1) is 0 Å². The molecule has 1 heterocycles. The molecule has 4 amide bonds. The van der Waals surface area contributed by atoms with Gasteiger partial charge in [-0.2, -0.15) is 0 Å². The third kappa shape index (κ3) is 3.69. The molecule has 27 heavy (non-hydrogen) atoms. The SMILES string of the molecule is C=C(NCc1ccc(F)cc1)C1C(=O)NC(=O)N(c2ccccc2F)C1=O. The van der Waals surface area contributed by atoms with Crippen LogP contribution in [-0.4, -0.2) is 17.8 Å². The molecule has 0 saturated carbocycles. The number of barbiturate groups is 1. The van der Waals surface area contributed by atoms with Crippen molar-refractivity contribution in [1.82, 2.24) is 10.6 Å². The van der Waals surface area contributed by atoms with Crippen LogP contribution < -0.4 is 15.5 Å². The number of nitrogens with zero attached hydrogens (tertiary/aromatic N) is 1. The van der Waals surface area contributed by atoms with E-state index in [2.05, 4.69) is 11.9 Å². The van der Waals surface area contributed by atoms with Gasteiger partial charge in [-0.3, -0.25) is 14.9 Å². The van der Waals surface area contributed by atoms with Crippen LogP contribution in [0.5, 0.6) is 0 Å². The summed E-state index contributed by atoms with van der Waals surface area (Å²) in [5, 5.41) is 4.85. The number of halogens is 2. The highest BCUT2D eigenvalue weighted by atomic mass is 19.1. The Labute approximate surface area is 153 Å². The minimum atomic E-state index is -1.41. The van der Waals surface area contributed by atoms with Crippen molar-refractivity contribution in [1.29, 1.82) is 0 Å². The summed E-state index contributed by atoms with van der Waals surface area (Å²) >= 11 is 0. The van der Waals surface area contributed by atoms with Crippen LogP contribution in [0.3, 0.4) is 0 Å². The number of hydrogen-bond donors (Lipinski definition) is 2. The average molecular weight is 371 g/mol. The number of benzene rings is 2. The third-order valence-electron chi connectivity index (χ3n) is 4.04. The number of imide groups is 2. The lowest BCUT2D eigenvalue weighted by Gasteiger charge is -2.31. The normalized spacial score (nSPS) is 16.9. The largest absolute Gasteiger partial charge is 0.384 e. The first-order chi connectivity index (χ1) is 12.9. The van der Waals surface area contributed by atoms with Crippen LogP contribution in [0, 0.1) is 17.6 Å². The molecule has 1 aliphatic heterocycles. The second kappa shape index (κ2) is 7.36. The van der Waals surface area contributed by atoms with Crippen molar-refractivity contribution in [2.24, 2.45) is 5.92 Å². The molecular weight excluding hydrogens is 356 g/mol. The van der Waals surface area contributed by atoms with Gasteiger partial charge in [0, 0.05) is 12.2 Å². The Morgan fingerprint density at radius 2 is 1.74 bits per heavy atom. The zero-order valence-electron chi connectivity index (χ0n) is 14.0. The first-order valence-electron chi connectivity index (χ1n) is 7.99. The van der Waals surface area contributed by atoms with E-state index in [4.69, 9.17) is 0 Å². The molecule has 0 radical (unpaired) electrons. The number of anilines is 1. The van der Waals surface area contributed by atoms with Crippen molar-refractivity contribution in [2.75, 3.05) is 4.90 Å². The zero-order chi connectivity index (χ0) is 19.6. The van der Waals surface area contributed by atoms with Crippen molar-refractivity contribution in [3.05, 3.63) is 78.0 Å². The average Bonchev–Trinajstić information content (AvgIpc) is 2.62. The molecule has 138 valence electrons. The number of amides is 4. The molecular formula is C19H15F2N3O3. The predicted molar refractivity (Wildman–Crippen MR) is 93.3 cm³/mol. The van der Waals surface area contributed by atoms with Crippen molar-refractivity contribution < 1.29 is 23.2 Å². The summed E-state index contributed by atoms with van der Waals surface area (Å²) in [4.78, 5) is 37.5. The Hall–Kier alpha value is -3.55. The molecule has 3 rings (SSSR count). The second-order valence-corrected chi connectivity index (χ2v) is 5.86. The molecule has 2 aromatic carbocycles. The third-order valence-corrected chi connectivity index (χ3v) is 4.04. The van der Waals surface area contributed by atoms with Crippen molar-refractivity contribution in [2.45, 2.75) is 6.54 Å². The summed E-state index contributed by atoms with van der Waals surface area (Å²) in [5.74, 6) is -4.35. The maximum absolute atomic E-state index is 14.0. The van der Waals surface area contributed by atoms with Crippen LogP contribution in [0.25, 0.3) is 0 Å². The second-order valence-electron chi connectivity index (χ2n) is 5.86. The number of nitrogens with one attached hydrogen (secondary N) is 2. The fourth-order valence-corrected chi connectivity index (χ4v) is 2.66. The summed E-state index contributed by atoms with van der Waals surface area (Å²) < 4.78 is 27.0. The van der Waals surface area contributed by atoms with Crippen LogP contribution in [0.2, 0.25) is 0 Å². The van der Waals surface area contributed by atoms with E-state index in [0.717, 1.165) is 6.07 Å². The van der Waals surface area contributed by atoms with Crippen LogP contribution in [0.4, 0.5) is 19.3 Å². The minimum Gasteiger partial charge on any atom is -0.384 e. The maximum Gasteiger partial charge on any atom is 0.335 e. The van der Waals surface area contributed by atoms with Gasteiger partial charge in [-0.25, -0.2) is 18.5 Å². The monoisotopic (exact) mass is 371 g/mol. The first-order valence-corrected chi connectivity index (χ1v) is 7.99. The van der Waals surface area contributed by atoms with E-state index in [9.17, 15) is 23.2 Å². The smallest absolute Gasteiger partial charge is 0.335 e. The minimum absolute atomic E-state index is 0.0377. The Balaban J connectivity index is 1.79. The topological polar surface area (TPSA) is 78.5 Å². The molecule has 0 aliphatic carbocycles. The van der Waals surface area contributed by atoms with Crippen LogP contribution in [0.1, 0.15) is 5.56 Å². The van der Waals surface area contributed by atoms with Gasteiger partial charge in [0.25, 0.3) is 5.91 Å². The van der Waals surface area contributed by atoms with Crippen molar-refractivity contribution >= 4 is 23.5 Å². The standard InChI is InChI=1S/C19H15F2N3O3/c1-11(22-10-12-6-8-13(20)9-7-12)16-17(25)23-19(27)24(18(16)26)15-5-3-2-4-14(15)21/h2-9,16,22H,1,10H2,(H,23,25,27). The van der Waals surface area contributed by atoms with Gasteiger partial charge in [0.1, 0.15) is 11.6 Å². The number of carbonyl (C=O) groups is 3. The van der Waals surface area contributed by atoms with E-state index in [1.807, 2.05) is 5.32 Å². The Kier molecular flexibility index (Phi) is 4.98. The number of urea groups is 1. The fraction of sp³-hybridized carbons (Fsp3) is 0.105. The molecule has 8 heteroatoms. The Morgan fingerprint density at radius 1 is 1.07 bits per heavy atom. The van der Waals surface area contributed by atoms with E-state index in [1.165, 1.54) is 42.5 Å². The number of para-hydroxylation sites is 1. The molecule has 1 unspecified atom stereocenters. The highest BCUT2D eigenvalue weighted by Crippen LogP contribution is 2.25. The van der Waals surface area contributed by atoms with Gasteiger partial charge in [0.05, 0.1) is 5.69 Å². The van der Waals surface area contributed by atoms with E-state index in [1.54, 1.807) is 0 Å². The van der Waals surface area contributed by atoms with Crippen molar-refractivity contribution in [3.63, 3.8) is 0 Å². The van der Waals surface area contributed by atoms with Crippen LogP contribution in [0.15, 0.2) is 60.8 Å². The molecule has 0 spiro atoms. The molecule has 1 atom stereocenters. The van der Waals surface area contributed by atoms with Gasteiger partial charge in [0.2, 0.25) is 5.91 Å². The molecule has 0 bridgehead atoms. The molecule has 0 aromatic heterocycles.